The first-order valence-electron chi connectivity index (χ1n) is 9.95. The van der Waals surface area contributed by atoms with Crippen molar-refractivity contribution in [2.75, 3.05) is 18.9 Å². The molecule has 0 radical (unpaired) electrons. The maximum absolute atomic E-state index is 12.3. The maximum Gasteiger partial charge on any atom is 0.230 e. The number of nitrogens with zero attached hydrogens (tertiary/aromatic N) is 3. The van der Waals surface area contributed by atoms with Crippen molar-refractivity contribution in [3.8, 4) is 22.8 Å². The molecule has 3 aromatic carbocycles. The molecule has 0 aliphatic rings. The highest BCUT2D eigenvalue weighted by atomic mass is 32.2. The third-order valence-electron chi connectivity index (χ3n) is 4.45. The molecule has 0 bridgehead atoms. The van der Waals surface area contributed by atoms with E-state index in [1.807, 2.05) is 95.6 Å². The number of hydrogen-bond donors (Lipinski definition) is 1. The van der Waals surface area contributed by atoms with Crippen LogP contribution in [0, 0.1) is 0 Å². The molecule has 0 spiro atoms. The van der Waals surface area contributed by atoms with E-state index in [9.17, 15) is 4.79 Å². The molecule has 1 heterocycles. The summed E-state index contributed by atoms with van der Waals surface area (Å²) in [7, 11) is 0. The third kappa shape index (κ3) is 5.52. The van der Waals surface area contributed by atoms with E-state index in [0.29, 0.717) is 18.3 Å². The molecular weight excluding hydrogens is 408 g/mol. The summed E-state index contributed by atoms with van der Waals surface area (Å²) in [5, 5.41) is 12.3. The van der Waals surface area contributed by atoms with Crippen molar-refractivity contribution in [1.82, 2.24) is 20.1 Å². The van der Waals surface area contributed by atoms with Gasteiger partial charge in [0.05, 0.1) is 12.3 Å². The van der Waals surface area contributed by atoms with Crippen LogP contribution in [0.15, 0.2) is 96.2 Å². The number of rotatable bonds is 9. The predicted molar refractivity (Wildman–Crippen MR) is 122 cm³/mol. The second-order valence-electron chi connectivity index (χ2n) is 6.64. The van der Waals surface area contributed by atoms with E-state index in [4.69, 9.17) is 4.74 Å². The number of nitrogens with one attached hydrogen (secondary N) is 1. The number of carbonyl (C=O) groups is 1. The second-order valence-corrected chi connectivity index (χ2v) is 7.59. The monoisotopic (exact) mass is 430 g/mol. The van der Waals surface area contributed by atoms with Crippen molar-refractivity contribution < 1.29 is 9.53 Å². The minimum Gasteiger partial charge on any atom is -0.492 e. The van der Waals surface area contributed by atoms with E-state index < -0.39 is 0 Å². The molecule has 31 heavy (non-hydrogen) atoms. The average molecular weight is 431 g/mol. The Bertz CT molecular complexity index is 1100. The molecule has 0 saturated carbocycles. The Morgan fingerprint density at radius 1 is 0.871 bits per heavy atom. The average Bonchev–Trinajstić information content (AvgIpc) is 3.26. The summed E-state index contributed by atoms with van der Waals surface area (Å²) in [5.74, 6) is 1.69. The number of hydrogen-bond acceptors (Lipinski definition) is 5. The molecule has 4 aromatic rings. The lowest BCUT2D eigenvalue weighted by Gasteiger charge is -2.10. The summed E-state index contributed by atoms with van der Waals surface area (Å²) in [5.41, 5.74) is 1.92. The molecule has 1 N–H and O–H groups in total. The zero-order valence-corrected chi connectivity index (χ0v) is 17.7. The van der Waals surface area contributed by atoms with Crippen LogP contribution in [0.25, 0.3) is 17.1 Å². The number of thioether (sulfide) groups is 1. The largest absolute Gasteiger partial charge is 0.492 e. The van der Waals surface area contributed by atoms with E-state index in [0.717, 1.165) is 22.8 Å². The molecule has 156 valence electrons. The van der Waals surface area contributed by atoms with Gasteiger partial charge in [-0.2, -0.15) is 0 Å². The summed E-state index contributed by atoms with van der Waals surface area (Å²) < 4.78 is 7.58. The molecule has 7 heteroatoms. The van der Waals surface area contributed by atoms with Crippen molar-refractivity contribution in [1.29, 1.82) is 0 Å². The van der Waals surface area contributed by atoms with Gasteiger partial charge in [-0.1, -0.05) is 78.5 Å². The first-order chi connectivity index (χ1) is 15.3. The minimum atomic E-state index is -0.0782. The molecule has 0 fully saturated rings. The van der Waals surface area contributed by atoms with Gasteiger partial charge in [-0.15, -0.1) is 10.2 Å². The van der Waals surface area contributed by atoms with E-state index >= 15 is 0 Å². The number of para-hydroxylation sites is 2. The topological polar surface area (TPSA) is 69.0 Å². The van der Waals surface area contributed by atoms with Gasteiger partial charge in [-0.25, -0.2) is 0 Å². The summed E-state index contributed by atoms with van der Waals surface area (Å²) >= 11 is 1.36. The highest BCUT2D eigenvalue weighted by molar-refractivity contribution is 7.99. The number of amides is 1. The van der Waals surface area contributed by atoms with Crippen molar-refractivity contribution in [2.24, 2.45) is 0 Å². The Kier molecular flexibility index (Phi) is 6.97. The highest BCUT2D eigenvalue weighted by Crippen LogP contribution is 2.27. The highest BCUT2D eigenvalue weighted by Gasteiger charge is 2.17. The molecule has 1 amide bonds. The zero-order valence-electron chi connectivity index (χ0n) is 16.8. The molecule has 0 unspecified atom stereocenters. The van der Waals surface area contributed by atoms with Gasteiger partial charge in [0.2, 0.25) is 5.91 Å². The first kappa shape index (κ1) is 20.7. The van der Waals surface area contributed by atoms with Crippen LogP contribution in [0.3, 0.4) is 0 Å². The lowest BCUT2D eigenvalue weighted by atomic mass is 10.2. The van der Waals surface area contributed by atoms with E-state index in [1.165, 1.54) is 11.8 Å². The molecule has 6 nitrogen and oxygen atoms in total. The number of carbonyl (C=O) groups excluding carboxylic acids is 1. The van der Waals surface area contributed by atoms with Gasteiger partial charge in [0.25, 0.3) is 0 Å². The summed E-state index contributed by atoms with van der Waals surface area (Å²) in [6, 6.07) is 29.3. The molecule has 0 aliphatic heterocycles. The fourth-order valence-electron chi connectivity index (χ4n) is 3.00. The normalized spacial score (nSPS) is 10.6. The summed E-state index contributed by atoms with van der Waals surface area (Å²) in [4.78, 5) is 12.3. The van der Waals surface area contributed by atoms with Crippen LogP contribution in [0.2, 0.25) is 0 Å². The zero-order chi connectivity index (χ0) is 21.3. The van der Waals surface area contributed by atoms with E-state index in [-0.39, 0.29) is 11.7 Å². The minimum absolute atomic E-state index is 0.0782. The molecular formula is C24H22N4O2S. The third-order valence-corrected chi connectivity index (χ3v) is 5.38. The van der Waals surface area contributed by atoms with Crippen LogP contribution < -0.4 is 10.1 Å². The van der Waals surface area contributed by atoms with Crippen LogP contribution >= 0.6 is 11.8 Å². The van der Waals surface area contributed by atoms with E-state index in [2.05, 4.69) is 15.5 Å². The number of aromatic nitrogens is 3. The second kappa shape index (κ2) is 10.4. The van der Waals surface area contributed by atoms with Crippen LogP contribution in [-0.4, -0.2) is 39.6 Å². The van der Waals surface area contributed by atoms with Gasteiger partial charge in [-0.3, -0.25) is 9.36 Å². The maximum atomic E-state index is 12.3. The van der Waals surface area contributed by atoms with Gasteiger partial charge in [0, 0.05) is 11.3 Å². The Hall–Kier alpha value is -3.58. The fourth-order valence-corrected chi connectivity index (χ4v) is 3.79. The molecule has 4 rings (SSSR count). The number of ether oxygens (including phenoxy) is 1. The van der Waals surface area contributed by atoms with Crippen LogP contribution in [0.1, 0.15) is 0 Å². The Morgan fingerprint density at radius 2 is 1.52 bits per heavy atom. The van der Waals surface area contributed by atoms with Crippen LogP contribution in [0.5, 0.6) is 5.75 Å². The summed E-state index contributed by atoms with van der Waals surface area (Å²) in [6.07, 6.45) is 0. The van der Waals surface area contributed by atoms with Crippen molar-refractivity contribution in [2.45, 2.75) is 5.16 Å². The number of benzene rings is 3. The van der Waals surface area contributed by atoms with Crippen molar-refractivity contribution >= 4 is 17.7 Å². The van der Waals surface area contributed by atoms with Crippen molar-refractivity contribution in [3.63, 3.8) is 0 Å². The molecule has 0 atom stereocenters. The molecule has 0 aliphatic carbocycles. The van der Waals surface area contributed by atoms with Crippen LogP contribution in [-0.2, 0) is 4.79 Å². The predicted octanol–water partition coefficient (Wildman–Crippen LogP) is 4.22. The Balaban J connectivity index is 1.39. The SMILES string of the molecule is O=C(CSc1nnc(-c2ccccc2)n1-c1ccccc1)NCCOc1ccccc1. The van der Waals surface area contributed by atoms with Gasteiger partial charge in [0.1, 0.15) is 12.4 Å². The lowest BCUT2D eigenvalue weighted by molar-refractivity contribution is -0.118. The smallest absolute Gasteiger partial charge is 0.230 e. The lowest BCUT2D eigenvalue weighted by Crippen LogP contribution is -2.29. The Labute approximate surface area is 185 Å². The fraction of sp³-hybridized carbons (Fsp3) is 0.125. The van der Waals surface area contributed by atoms with Gasteiger partial charge in [0.15, 0.2) is 11.0 Å². The quantitative estimate of drug-likeness (QED) is 0.318. The van der Waals surface area contributed by atoms with Gasteiger partial charge in [-0.05, 0) is 24.3 Å². The molecule has 1 aromatic heterocycles. The summed E-state index contributed by atoms with van der Waals surface area (Å²) in [6.45, 7) is 0.855. The standard InChI is InChI=1S/C24H22N4O2S/c29-22(25-16-17-30-21-14-8-3-9-15-21)18-31-24-27-26-23(19-10-4-1-5-11-19)28(24)20-12-6-2-7-13-20/h1-15H,16-18H2,(H,25,29). The van der Waals surface area contributed by atoms with Gasteiger partial charge < -0.3 is 10.1 Å². The van der Waals surface area contributed by atoms with E-state index in [1.54, 1.807) is 0 Å². The Morgan fingerprint density at radius 3 is 2.23 bits per heavy atom. The van der Waals surface area contributed by atoms with Crippen molar-refractivity contribution in [3.05, 3.63) is 91.0 Å². The first-order valence-corrected chi connectivity index (χ1v) is 10.9. The molecule has 0 saturated heterocycles. The van der Waals surface area contributed by atoms with Gasteiger partial charge >= 0.3 is 0 Å². The van der Waals surface area contributed by atoms with Crippen LogP contribution in [0.4, 0.5) is 0 Å².